The molecule has 0 bridgehead atoms. The molecule has 2 unspecified atom stereocenters. The minimum Gasteiger partial charge on any atom is -0.352 e. The van der Waals surface area contributed by atoms with Crippen LogP contribution in [0.3, 0.4) is 0 Å². The molecule has 3 heteroatoms. The highest BCUT2D eigenvalue weighted by atomic mass is 16.2. The highest BCUT2D eigenvalue weighted by molar-refractivity contribution is 5.81. The van der Waals surface area contributed by atoms with Crippen LogP contribution >= 0.6 is 0 Å². The van der Waals surface area contributed by atoms with Gasteiger partial charge in [-0.2, -0.15) is 0 Å². The van der Waals surface area contributed by atoms with Crippen LogP contribution in [0.5, 0.6) is 0 Å². The first-order valence-corrected chi connectivity index (χ1v) is 6.97. The Morgan fingerprint density at radius 1 is 1.06 bits per heavy atom. The Hall–Kier alpha value is -0.570. The summed E-state index contributed by atoms with van der Waals surface area (Å²) in [6.07, 6.45) is 3.09. The zero-order valence-electron chi connectivity index (χ0n) is 12.3. The predicted molar refractivity (Wildman–Crippen MR) is 74.0 cm³/mol. The molecule has 0 aromatic heterocycles. The first kappa shape index (κ1) is 16.4. The average Bonchev–Trinajstić information content (AvgIpc) is 2.23. The predicted octanol–water partition coefficient (Wildman–Crippen LogP) is 2.70. The molecular weight excluding hydrogens is 212 g/mol. The summed E-state index contributed by atoms with van der Waals surface area (Å²) in [5.41, 5.74) is 0. The molecule has 3 nitrogen and oxygen atoms in total. The number of carbonyl (C=O) groups excluding carboxylic acids is 1. The van der Waals surface area contributed by atoms with Gasteiger partial charge in [-0.15, -0.1) is 0 Å². The van der Waals surface area contributed by atoms with Crippen molar-refractivity contribution in [1.29, 1.82) is 0 Å². The van der Waals surface area contributed by atoms with Gasteiger partial charge in [-0.1, -0.05) is 27.7 Å². The number of amides is 1. The van der Waals surface area contributed by atoms with Gasteiger partial charge in [-0.3, -0.25) is 4.79 Å². The van der Waals surface area contributed by atoms with Crippen molar-refractivity contribution in [3.63, 3.8) is 0 Å². The molecule has 2 atom stereocenters. The van der Waals surface area contributed by atoms with E-state index < -0.39 is 0 Å². The largest absolute Gasteiger partial charge is 0.352 e. The van der Waals surface area contributed by atoms with Gasteiger partial charge in [0.2, 0.25) is 5.91 Å². The fourth-order valence-electron chi connectivity index (χ4n) is 2.10. The van der Waals surface area contributed by atoms with Gasteiger partial charge >= 0.3 is 0 Å². The molecule has 0 aliphatic carbocycles. The van der Waals surface area contributed by atoms with Gasteiger partial charge in [-0.25, -0.2) is 0 Å². The standard InChI is InChI=1S/C14H30N2O/c1-7-13(8-2)16-14(17)12(6)15-11(5)9-10(3)4/h10-13,15H,7-9H2,1-6H3,(H,16,17). The second-order valence-corrected chi connectivity index (χ2v) is 5.44. The Labute approximate surface area is 107 Å². The summed E-state index contributed by atoms with van der Waals surface area (Å²) in [6, 6.07) is 0.592. The molecule has 17 heavy (non-hydrogen) atoms. The van der Waals surface area contributed by atoms with E-state index in [9.17, 15) is 4.79 Å². The topological polar surface area (TPSA) is 41.1 Å². The molecule has 0 fully saturated rings. The van der Waals surface area contributed by atoms with E-state index in [2.05, 4.69) is 45.3 Å². The maximum absolute atomic E-state index is 11.9. The normalized spacial score (nSPS) is 15.1. The van der Waals surface area contributed by atoms with Crippen molar-refractivity contribution in [3.05, 3.63) is 0 Å². The molecule has 1 amide bonds. The summed E-state index contributed by atoms with van der Waals surface area (Å²) >= 11 is 0. The molecule has 0 radical (unpaired) electrons. The Kier molecular flexibility index (Phi) is 8.23. The van der Waals surface area contributed by atoms with Gasteiger partial charge in [0, 0.05) is 12.1 Å². The van der Waals surface area contributed by atoms with E-state index in [1.54, 1.807) is 0 Å². The minimum atomic E-state index is -0.107. The molecule has 0 saturated heterocycles. The second kappa shape index (κ2) is 8.51. The maximum Gasteiger partial charge on any atom is 0.237 e. The van der Waals surface area contributed by atoms with Crippen LogP contribution in [-0.2, 0) is 4.79 Å². The lowest BCUT2D eigenvalue weighted by molar-refractivity contribution is -0.123. The van der Waals surface area contributed by atoms with Gasteiger partial charge in [0.1, 0.15) is 0 Å². The van der Waals surface area contributed by atoms with Crippen LogP contribution < -0.4 is 10.6 Å². The first-order valence-electron chi connectivity index (χ1n) is 6.97. The quantitative estimate of drug-likeness (QED) is 0.687. The average molecular weight is 242 g/mol. The van der Waals surface area contributed by atoms with Crippen molar-refractivity contribution < 1.29 is 4.79 Å². The van der Waals surface area contributed by atoms with Gasteiger partial charge < -0.3 is 10.6 Å². The zero-order valence-corrected chi connectivity index (χ0v) is 12.3. The van der Waals surface area contributed by atoms with Gasteiger partial charge in [0.05, 0.1) is 6.04 Å². The lowest BCUT2D eigenvalue weighted by atomic mass is 10.0. The van der Waals surface area contributed by atoms with Crippen molar-refractivity contribution in [3.8, 4) is 0 Å². The van der Waals surface area contributed by atoms with Gasteiger partial charge in [0.25, 0.3) is 0 Å². The Bertz CT molecular complexity index is 212. The maximum atomic E-state index is 11.9. The van der Waals surface area contributed by atoms with Crippen LogP contribution in [0.15, 0.2) is 0 Å². The smallest absolute Gasteiger partial charge is 0.237 e. The molecule has 0 heterocycles. The summed E-state index contributed by atoms with van der Waals surface area (Å²) in [7, 11) is 0. The molecule has 0 aromatic rings. The zero-order chi connectivity index (χ0) is 13.4. The van der Waals surface area contributed by atoms with Crippen LogP contribution in [0.4, 0.5) is 0 Å². The highest BCUT2D eigenvalue weighted by Gasteiger charge is 2.17. The highest BCUT2D eigenvalue weighted by Crippen LogP contribution is 2.05. The van der Waals surface area contributed by atoms with Crippen LogP contribution in [0, 0.1) is 5.92 Å². The third kappa shape index (κ3) is 7.37. The number of nitrogens with one attached hydrogen (secondary N) is 2. The number of hydrogen-bond donors (Lipinski definition) is 2. The molecule has 0 rings (SSSR count). The molecular formula is C14H30N2O. The summed E-state index contributed by atoms with van der Waals surface area (Å²) in [4.78, 5) is 11.9. The lowest BCUT2D eigenvalue weighted by Gasteiger charge is -2.23. The van der Waals surface area contributed by atoms with E-state index in [0.717, 1.165) is 19.3 Å². The van der Waals surface area contributed by atoms with Crippen molar-refractivity contribution in [2.45, 2.75) is 78.9 Å². The fourth-order valence-corrected chi connectivity index (χ4v) is 2.10. The molecule has 0 aromatic carbocycles. The Morgan fingerprint density at radius 2 is 1.59 bits per heavy atom. The molecule has 0 saturated carbocycles. The second-order valence-electron chi connectivity index (χ2n) is 5.44. The molecule has 0 aliphatic rings. The Morgan fingerprint density at radius 3 is 2.00 bits per heavy atom. The summed E-state index contributed by atoms with van der Waals surface area (Å²) in [5, 5.41) is 6.43. The molecule has 102 valence electrons. The van der Waals surface area contributed by atoms with Crippen molar-refractivity contribution in [2.75, 3.05) is 0 Å². The van der Waals surface area contributed by atoms with E-state index in [-0.39, 0.29) is 11.9 Å². The summed E-state index contributed by atoms with van der Waals surface area (Å²) in [6.45, 7) is 12.7. The van der Waals surface area contributed by atoms with E-state index in [1.165, 1.54) is 0 Å². The third-order valence-corrected chi connectivity index (χ3v) is 3.08. The van der Waals surface area contributed by atoms with E-state index >= 15 is 0 Å². The lowest BCUT2D eigenvalue weighted by Crippen LogP contribution is -2.48. The first-order chi connectivity index (χ1) is 7.90. The van der Waals surface area contributed by atoms with Gasteiger partial charge in [0.15, 0.2) is 0 Å². The fraction of sp³-hybridized carbons (Fsp3) is 0.929. The minimum absolute atomic E-state index is 0.107. The van der Waals surface area contributed by atoms with Crippen LogP contribution in [0.25, 0.3) is 0 Å². The van der Waals surface area contributed by atoms with Gasteiger partial charge in [-0.05, 0) is 39.0 Å². The van der Waals surface area contributed by atoms with Crippen LogP contribution in [0.2, 0.25) is 0 Å². The van der Waals surface area contributed by atoms with Crippen molar-refractivity contribution in [2.24, 2.45) is 5.92 Å². The monoisotopic (exact) mass is 242 g/mol. The number of rotatable bonds is 8. The van der Waals surface area contributed by atoms with Crippen molar-refractivity contribution >= 4 is 5.91 Å². The summed E-state index contributed by atoms with van der Waals surface area (Å²) < 4.78 is 0. The third-order valence-electron chi connectivity index (χ3n) is 3.08. The number of carbonyl (C=O) groups is 1. The van der Waals surface area contributed by atoms with E-state index in [1.807, 2.05) is 6.92 Å². The molecule has 0 spiro atoms. The summed E-state index contributed by atoms with van der Waals surface area (Å²) in [5.74, 6) is 0.779. The van der Waals surface area contributed by atoms with E-state index in [0.29, 0.717) is 18.0 Å². The van der Waals surface area contributed by atoms with E-state index in [4.69, 9.17) is 0 Å². The number of hydrogen-bond acceptors (Lipinski definition) is 2. The SMILES string of the molecule is CCC(CC)NC(=O)C(C)NC(C)CC(C)C. The molecule has 2 N–H and O–H groups in total. The van der Waals surface area contributed by atoms with Crippen molar-refractivity contribution in [1.82, 2.24) is 10.6 Å². The van der Waals surface area contributed by atoms with Crippen LogP contribution in [0.1, 0.15) is 60.8 Å². The molecule has 0 aliphatic heterocycles. The van der Waals surface area contributed by atoms with Crippen LogP contribution in [-0.4, -0.2) is 24.0 Å². The Balaban J connectivity index is 4.04.